The quantitative estimate of drug-likeness (QED) is 0.206. The zero-order chi connectivity index (χ0) is 19.0. The van der Waals surface area contributed by atoms with E-state index in [9.17, 15) is 0 Å². The van der Waals surface area contributed by atoms with E-state index in [2.05, 4.69) is 32.0 Å². The van der Waals surface area contributed by atoms with Gasteiger partial charge >= 0.3 is 0 Å². The van der Waals surface area contributed by atoms with Crippen molar-refractivity contribution < 1.29 is 18.9 Å². The van der Waals surface area contributed by atoms with Crippen LogP contribution >= 0.6 is 0 Å². The molecule has 0 fully saturated rings. The van der Waals surface area contributed by atoms with Gasteiger partial charge in [0.15, 0.2) is 0 Å². The van der Waals surface area contributed by atoms with Gasteiger partial charge in [0, 0.05) is 25.0 Å². The lowest BCUT2D eigenvalue weighted by Gasteiger charge is -2.20. The van der Waals surface area contributed by atoms with Crippen molar-refractivity contribution in [2.24, 2.45) is 0 Å². The van der Waals surface area contributed by atoms with Crippen LogP contribution in [-0.2, 0) is 9.47 Å². The zero-order valence-electron chi connectivity index (χ0n) is 16.2. The molecule has 0 aromatic carbocycles. The van der Waals surface area contributed by atoms with E-state index >= 15 is 0 Å². The zero-order valence-corrected chi connectivity index (χ0v) is 16.2. The van der Waals surface area contributed by atoms with E-state index in [1.165, 1.54) is 12.5 Å². The molecule has 2 atom stereocenters. The van der Waals surface area contributed by atoms with E-state index in [1.54, 1.807) is 12.1 Å². The van der Waals surface area contributed by atoms with Gasteiger partial charge in [-0.3, -0.25) is 0 Å². The molecule has 0 N–H and O–H groups in total. The summed E-state index contributed by atoms with van der Waals surface area (Å²) in [7, 11) is 0. The molecule has 2 unspecified atom stereocenters. The number of ether oxygens (including phenoxy) is 4. The lowest BCUT2D eigenvalue weighted by Crippen LogP contribution is -2.20. The first-order chi connectivity index (χ1) is 12.7. The first-order valence-corrected chi connectivity index (χ1v) is 9.56. The molecule has 1 rings (SSSR count). The van der Waals surface area contributed by atoms with Gasteiger partial charge in [-0.05, 0) is 12.8 Å². The van der Waals surface area contributed by atoms with Crippen molar-refractivity contribution in [3.8, 4) is 11.8 Å². The maximum absolute atomic E-state index is 5.84. The van der Waals surface area contributed by atoms with Crippen molar-refractivity contribution >= 4 is 0 Å². The number of pyridine rings is 1. The number of aromatic nitrogens is 1. The Bertz CT molecular complexity index is 465. The van der Waals surface area contributed by atoms with Crippen LogP contribution in [0.1, 0.15) is 65.2 Å². The van der Waals surface area contributed by atoms with Crippen LogP contribution in [0.15, 0.2) is 43.9 Å². The van der Waals surface area contributed by atoms with Crippen LogP contribution in [0.5, 0.6) is 11.8 Å². The molecular formula is C21H33NO4. The highest BCUT2D eigenvalue weighted by Gasteiger charge is 2.14. The van der Waals surface area contributed by atoms with Crippen molar-refractivity contribution in [3.05, 3.63) is 43.9 Å². The lowest BCUT2D eigenvalue weighted by molar-refractivity contribution is -0.0460. The minimum atomic E-state index is -0.397. The van der Waals surface area contributed by atoms with Crippen LogP contribution in [0.3, 0.4) is 0 Å². The van der Waals surface area contributed by atoms with Gasteiger partial charge in [0.2, 0.25) is 24.3 Å². The van der Waals surface area contributed by atoms with Gasteiger partial charge in [-0.2, -0.15) is 4.98 Å². The average Bonchev–Trinajstić information content (AvgIpc) is 2.63. The fourth-order valence-electron chi connectivity index (χ4n) is 2.44. The fraction of sp³-hybridized carbons (Fsp3) is 0.571. The third kappa shape index (κ3) is 9.35. The molecule has 0 aliphatic rings. The number of hydrogen-bond acceptors (Lipinski definition) is 5. The standard InChI is InChI=1S/C21H33NO4/c1-5-9-11-16-20(23-7-3)25-18-14-13-15-19(22-18)26-21(24-8-4)17-12-10-6-2/h7-8,13-15,20-21H,3-6,9-12,16-17H2,1-2H3. The second kappa shape index (κ2) is 14.0. The summed E-state index contributed by atoms with van der Waals surface area (Å²) in [6, 6.07) is 5.41. The molecule has 0 saturated carbocycles. The van der Waals surface area contributed by atoms with E-state index in [0.29, 0.717) is 11.8 Å². The van der Waals surface area contributed by atoms with Gasteiger partial charge in [-0.1, -0.05) is 58.8 Å². The first-order valence-electron chi connectivity index (χ1n) is 9.56. The summed E-state index contributed by atoms with van der Waals surface area (Å²) in [6.07, 6.45) is 10.2. The fourth-order valence-corrected chi connectivity index (χ4v) is 2.44. The minimum Gasteiger partial charge on any atom is -0.463 e. The topological polar surface area (TPSA) is 49.8 Å². The maximum Gasteiger partial charge on any atom is 0.242 e. The van der Waals surface area contributed by atoms with Gasteiger partial charge in [-0.15, -0.1) is 0 Å². The molecule has 5 heteroatoms. The molecule has 1 aromatic heterocycles. The summed E-state index contributed by atoms with van der Waals surface area (Å²) in [4.78, 5) is 4.40. The molecule has 0 spiro atoms. The largest absolute Gasteiger partial charge is 0.463 e. The van der Waals surface area contributed by atoms with Crippen molar-refractivity contribution in [2.45, 2.75) is 77.8 Å². The van der Waals surface area contributed by atoms with E-state index in [4.69, 9.17) is 18.9 Å². The minimum absolute atomic E-state index is 0.397. The normalized spacial score (nSPS) is 12.7. The summed E-state index contributed by atoms with van der Waals surface area (Å²) in [5, 5.41) is 0. The Hall–Kier alpha value is -2.17. The molecule has 0 aliphatic carbocycles. The number of unbranched alkanes of at least 4 members (excludes halogenated alkanes) is 4. The Labute approximate surface area is 158 Å². The second-order valence-corrected chi connectivity index (χ2v) is 6.01. The molecular weight excluding hydrogens is 330 g/mol. The maximum atomic E-state index is 5.84. The van der Waals surface area contributed by atoms with Crippen LogP contribution in [-0.4, -0.2) is 17.6 Å². The Morgan fingerprint density at radius 1 is 0.846 bits per heavy atom. The van der Waals surface area contributed by atoms with Crippen LogP contribution < -0.4 is 9.47 Å². The lowest BCUT2D eigenvalue weighted by atomic mass is 10.2. The van der Waals surface area contributed by atoms with Crippen LogP contribution in [0.25, 0.3) is 0 Å². The highest BCUT2D eigenvalue weighted by atomic mass is 16.7. The Morgan fingerprint density at radius 2 is 1.31 bits per heavy atom. The summed E-state index contributed by atoms with van der Waals surface area (Å²) in [6.45, 7) is 11.5. The summed E-state index contributed by atoms with van der Waals surface area (Å²) in [5.41, 5.74) is 0. The van der Waals surface area contributed by atoms with Crippen molar-refractivity contribution in [3.63, 3.8) is 0 Å². The Morgan fingerprint density at radius 3 is 1.69 bits per heavy atom. The molecule has 26 heavy (non-hydrogen) atoms. The Balaban J connectivity index is 2.65. The van der Waals surface area contributed by atoms with E-state index in [-0.39, 0.29) is 0 Å². The van der Waals surface area contributed by atoms with E-state index in [1.807, 2.05) is 6.07 Å². The van der Waals surface area contributed by atoms with Gasteiger partial charge in [-0.25, -0.2) is 0 Å². The molecule has 0 radical (unpaired) electrons. The van der Waals surface area contributed by atoms with Crippen LogP contribution in [0, 0.1) is 0 Å². The average molecular weight is 363 g/mol. The highest BCUT2D eigenvalue weighted by Crippen LogP contribution is 2.20. The van der Waals surface area contributed by atoms with Gasteiger partial charge in [0.25, 0.3) is 0 Å². The van der Waals surface area contributed by atoms with Gasteiger partial charge in [0.1, 0.15) is 0 Å². The SMILES string of the molecule is C=COC(CCCCC)Oc1cccc(OC(CCCCC)OC=C)n1. The highest BCUT2D eigenvalue weighted by molar-refractivity contribution is 5.20. The molecule has 1 aromatic rings. The van der Waals surface area contributed by atoms with Crippen molar-refractivity contribution in [1.29, 1.82) is 0 Å². The second-order valence-electron chi connectivity index (χ2n) is 6.01. The summed E-state index contributed by atoms with van der Waals surface area (Å²) >= 11 is 0. The van der Waals surface area contributed by atoms with Crippen LogP contribution in [0.4, 0.5) is 0 Å². The summed E-state index contributed by atoms with van der Waals surface area (Å²) < 4.78 is 22.6. The first kappa shape index (κ1) is 21.9. The van der Waals surface area contributed by atoms with Gasteiger partial charge in [0.05, 0.1) is 12.5 Å². The van der Waals surface area contributed by atoms with Crippen molar-refractivity contribution in [2.75, 3.05) is 0 Å². The Kier molecular flexibility index (Phi) is 11.8. The van der Waals surface area contributed by atoms with E-state index in [0.717, 1.165) is 51.4 Å². The number of rotatable bonds is 16. The monoisotopic (exact) mass is 363 g/mol. The molecule has 146 valence electrons. The predicted octanol–water partition coefficient (Wildman–Crippen LogP) is 5.97. The van der Waals surface area contributed by atoms with Gasteiger partial charge < -0.3 is 18.9 Å². The molecule has 5 nitrogen and oxygen atoms in total. The van der Waals surface area contributed by atoms with Crippen LogP contribution in [0.2, 0.25) is 0 Å². The number of hydrogen-bond donors (Lipinski definition) is 0. The molecule has 1 heterocycles. The summed E-state index contributed by atoms with van der Waals surface area (Å²) in [5.74, 6) is 0.911. The molecule has 0 amide bonds. The number of nitrogens with zero attached hydrogens (tertiary/aromatic N) is 1. The third-order valence-electron chi connectivity index (χ3n) is 3.79. The molecule has 0 saturated heterocycles. The molecule has 0 aliphatic heterocycles. The smallest absolute Gasteiger partial charge is 0.242 e. The molecule has 0 bridgehead atoms. The predicted molar refractivity (Wildman–Crippen MR) is 104 cm³/mol. The van der Waals surface area contributed by atoms with Crippen molar-refractivity contribution in [1.82, 2.24) is 4.98 Å². The third-order valence-corrected chi connectivity index (χ3v) is 3.79. The van der Waals surface area contributed by atoms with E-state index < -0.39 is 12.6 Å².